The second-order valence-corrected chi connectivity index (χ2v) is 7.29. The van der Waals surface area contributed by atoms with E-state index >= 15 is 0 Å². The Morgan fingerprint density at radius 3 is 2.78 bits per heavy atom. The van der Waals surface area contributed by atoms with Gasteiger partial charge in [0.25, 0.3) is 0 Å². The van der Waals surface area contributed by atoms with Gasteiger partial charge in [-0.3, -0.25) is 4.98 Å². The Hall–Kier alpha value is -2.31. The van der Waals surface area contributed by atoms with Crippen molar-refractivity contribution in [3.8, 4) is 11.5 Å². The molecular formula is C21H21BrN4O. The zero-order valence-corrected chi connectivity index (χ0v) is 16.8. The maximum Gasteiger partial charge on any atom is 0.180 e. The summed E-state index contributed by atoms with van der Waals surface area (Å²) in [5.41, 5.74) is 2.98. The fraction of sp³-hybridized carbons (Fsp3) is 0.286. The van der Waals surface area contributed by atoms with Crippen LogP contribution in [0, 0.1) is 0 Å². The molecule has 3 heterocycles. The number of ether oxygens (including phenoxy) is 1. The lowest BCUT2D eigenvalue weighted by Gasteiger charge is -2.34. The van der Waals surface area contributed by atoms with Gasteiger partial charge >= 0.3 is 0 Å². The third-order valence-electron chi connectivity index (χ3n) is 4.66. The predicted molar refractivity (Wildman–Crippen MR) is 110 cm³/mol. The number of benzene rings is 1. The van der Waals surface area contributed by atoms with Gasteiger partial charge in [-0.05, 0) is 30.2 Å². The number of aromatic nitrogens is 3. The quantitative estimate of drug-likeness (QED) is 0.619. The smallest absolute Gasteiger partial charge is 0.180 e. The van der Waals surface area contributed by atoms with Crippen LogP contribution in [-0.2, 0) is 11.2 Å². The van der Waals surface area contributed by atoms with Crippen molar-refractivity contribution in [2.24, 2.45) is 0 Å². The molecule has 6 heteroatoms. The molecular weight excluding hydrogens is 404 g/mol. The normalized spacial score (nSPS) is 17.1. The molecule has 1 aromatic carbocycles. The zero-order valence-electron chi connectivity index (χ0n) is 15.2. The van der Waals surface area contributed by atoms with Gasteiger partial charge in [-0.25, -0.2) is 9.97 Å². The average Bonchev–Trinajstić information content (AvgIpc) is 2.74. The van der Waals surface area contributed by atoms with E-state index in [2.05, 4.69) is 55.9 Å². The number of morpholine rings is 1. The summed E-state index contributed by atoms with van der Waals surface area (Å²) >= 11 is 3.64. The maximum absolute atomic E-state index is 6.04. The van der Waals surface area contributed by atoms with Gasteiger partial charge in [-0.15, -0.1) is 0 Å². The van der Waals surface area contributed by atoms with Gasteiger partial charge in [0, 0.05) is 35.5 Å². The zero-order chi connectivity index (χ0) is 18.6. The summed E-state index contributed by atoms with van der Waals surface area (Å²) in [5.74, 6) is 1.61. The van der Waals surface area contributed by atoms with Crippen LogP contribution in [0.25, 0.3) is 11.5 Å². The highest BCUT2D eigenvalue weighted by atomic mass is 79.9. The summed E-state index contributed by atoms with van der Waals surface area (Å²) in [4.78, 5) is 16.2. The van der Waals surface area contributed by atoms with Crippen LogP contribution >= 0.6 is 15.9 Å². The topological polar surface area (TPSA) is 51.1 Å². The molecule has 138 valence electrons. The van der Waals surface area contributed by atoms with E-state index in [9.17, 15) is 0 Å². The van der Waals surface area contributed by atoms with Crippen molar-refractivity contribution in [1.29, 1.82) is 0 Å². The third-order valence-corrected chi connectivity index (χ3v) is 5.39. The third kappa shape index (κ3) is 4.01. The van der Waals surface area contributed by atoms with Gasteiger partial charge in [0.2, 0.25) is 0 Å². The fourth-order valence-corrected chi connectivity index (χ4v) is 3.76. The average molecular weight is 425 g/mol. The first kappa shape index (κ1) is 18.1. The Kier molecular flexibility index (Phi) is 5.45. The highest BCUT2D eigenvalue weighted by Crippen LogP contribution is 2.30. The molecule has 0 aliphatic carbocycles. The monoisotopic (exact) mass is 424 g/mol. The molecule has 0 spiro atoms. The molecule has 0 amide bonds. The largest absolute Gasteiger partial charge is 0.370 e. The molecule has 0 radical (unpaired) electrons. The van der Waals surface area contributed by atoms with Crippen LogP contribution in [0.15, 0.2) is 59.2 Å². The minimum absolute atomic E-state index is 0.00710. The van der Waals surface area contributed by atoms with Crippen molar-refractivity contribution >= 4 is 21.7 Å². The van der Waals surface area contributed by atoms with Crippen molar-refractivity contribution in [3.05, 3.63) is 70.5 Å². The van der Waals surface area contributed by atoms with Crippen LogP contribution in [0.4, 0.5) is 5.82 Å². The summed E-state index contributed by atoms with van der Waals surface area (Å²) in [6.07, 6.45) is 2.63. The van der Waals surface area contributed by atoms with Crippen LogP contribution < -0.4 is 4.90 Å². The van der Waals surface area contributed by atoms with Crippen LogP contribution in [0.3, 0.4) is 0 Å². The molecule has 1 fully saturated rings. The second kappa shape index (κ2) is 8.15. The van der Waals surface area contributed by atoms with Gasteiger partial charge in [-0.1, -0.05) is 47.1 Å². The summed E-state index contributed by atoms with van der Waals surface area (Å²) in [7, 11) is 0. The van der Waals surface area contributed by atoms with E-state index < -0.39 is 0 Å². The number of nitrogens with zero attached hydrogens (tertiary/aromatic N) is 4. The number of anilines is 1. The molecule has 0 bridgehead atoms. The number of rotatable bonds is 4. The predicted octanol–water partition coefficient (Wildman–Crippen LogP) is 4.44. The number of hydrogen-bond acceptors (Lipinski definition) is 5. The first-order valence-electron chi connectivity index (χ1n) is 9.15. The number of halogens is 1. The van der Waals surface area contributed by atoms with Crippen LogP contribution in [-0.4, -0.2) is 34.6 Å². The first-order valence-corrected chi connectivity index (χ1v) is 9.94. The van der Waals surface area contributed by atoms with E-state index in [0.29, 0.717) is 12.4 Å². The molecule has 1 aliphatic heterocycles. The molecule has 3 aromatic rings. The Balaban J connectivity index is 1.65. The van der Waals surface area contributed by atoms with Crippen LogP contribution in [0.1, 0.15) is 24.3 Å². The summed E-state index contributed by atoms with van der Waals surface area (Å²) in [6.45, 7) is 4.33. The van der Waals surface area contributed by atoms with Gasteiger partial charge in [0.15, 0.2) is 5.82 Å². The SMILES string of the molecule is CCc1cc(N2CCOC(c3ccccc3Br)C2)nc(-c2ccccn2)n1. The molecule has 1 saturated heterocycles. The Morgan fingerprint density at radius 1 is 1.15 bits per heavy atom. The molecule has 5 nitrogen and oxygen atoms in total. The lowest BCUT2D eigenvalue weighted by molar-refractivity contribution is 0.0391. The van der Waals surface area contributed by atoms with E-state index in [4.69, 9.17) is 9.72 Å². The second-order valence-electron chi connectivity index (χ2n) is 6.44. The lowest BCUT2D eigenvalue weighted by atomic mass is 10.1. The lowest BCUT2D eigenvalue weighted by Crippen LogP contribution is -2.39. The van der Waals surface area contributed by atoms with Gasteiger partial charge < -0.3 is 9.64 Å². The molecule has 1 aliphatic rings. The minimum atomic E-state index is 0.00710. The molecule has 1 atom stereocenters. The van der Waals surface area contributed by atoms with Crippen molar-refractivity contribution in [2.45, 2.75) is 19.4 Å². The Labute approximate surface area is 167 Å². The van der Waals surface area contributed by atoms with Crippen molar-refractivity contribution in [1.82, 2.24) is 15.0 Å². The van der Waals surface area contributed by atoms with E-state index in [0.717, 1.165) is 46.8 Å². The van der Waals surface area contributed by atoms with Gasteiger partial charge in [0.05, 0.1) is 6.61 Å². The van der Waals surface area contributed by atoms with E-state index in [1.54, 1.807) is 6.20 Å². The van der Waals surface area contributed by atoms with Crippen molar-refractivity contribution in [3.63, 3.8) is 0 Å². The van der Waals surface area contributed by atoms with E-state index in [-0.39, 0.29) is 6.10 Å². The van der Waals surface area contributed by atoms with Crippen molar-refractivity contribution < 1.29 is 4.74 Å². The molecule has 0 N–H and O–H groups in total. The minimum Gasteiger partial charge on any atom is -0.370 e. The number of pyridine rings is 1. The van der Waals surface area contributed by atoms with Gasteiger partial charge in [0.1, 0.15) is 17.6 Å². The molecule has 4 rings (SSSR count). The van der Waals surface area contributed by atoms with Crippen molar-refractivity contribution in [2.75, 3.05) is 24.6 Å². The Morgan fingerprint density at radius 2 is 2.00 bits per heavy atom. The standard InChI is InChI=1S/C21H21BrN4O/c1-2-15-13-20(25-21(24-15)18-9-5-6-10-23-18)26-11-12-27-19(14-26)16-7-3-4-8-17(16)22/h3-10,13,19H,2,11-12,14H2,1H3. The van der Waals surface area contributed by atoms with Gasteiger partial charge in [-0.2, -0.15) is 0 Å². The number of hydrogen-bond donors (Lipinski definition) is 0. The highest BCUT2D eigenvalue weighted by Gasteiger charge is 2.25. The molecule has 2 aromatic heterocycles. The molecule has 0 saturated carbocycles. The number of aryl methyl sites for hydroxylation is 1. The summed E-state index contributed by atoms with van der Waals surface area (Å²) in [6, 6.07) is 16.1. The molecule has 1 unspecified atom stereocenters. The summed E-state index contributed by atoms with van der Waals surface area (Å²) < 4.78 is 7.11. The van der Waals surface area contributed by atoms with E-state index in [1.165, 1.54) is 0 Å². The Bertz CT molecular complexity index is 919. The first-order chi connectivity index (χ1) is 13.2. The molecule has 27 heavy (non-hydrogen) atoms. The fourth-order valence-electron chi connectivity index (χ4n) is 3.22. The maximum atomic E-state index is 6.04. The van der Waals surface area contributed by atoms with Crippen LogP contribution in [0.5, 0.6) is 0 Å². The highest BCUT2D eigenvalue weighted by molar-refractivity contribution is 9.10. The van der Waals surface area contributed by atoms with Crippen LogP contribution in [0.2, 0.25) is 0 Å². The summed E-state index contributed by atoms with van der Waals surface area (Å²) in [5, 5.41) is 0. The van der Waals surface area contributed by atoms with E-state index in [1.807, 2.05) is 30.3 Å².